The van der Waals surface area contributed by atoms with Gasteiger partial charge in [-0.1, -0.05) is 18.2 Å². The van der Waals surface area contributed by atoms with Crippen LogP contribution in [-0.2, 0) is 0 Å². The maximum atomic E-state index is 11.5. The molecule has 0 fully saturated rings. The molecule has 0 unspecified atom stereocenters. The minimum Gasteiger partial charge on any atom is -0.399 e. The summed E-state index contributed by atoms with van der Waals surface area (Å²) in [6, 6.07) is 6.91. The van der Waals surface area contributed by atoms with Crippen molar-refractivity contribution >= 4 is 11.6 Å². The van der Waals surface area contributed by atoms with Crippen LogP contribution in [0.25, 0.3) is 0 Å². The highest BCUT2D eigenvalue weighted by Crippen LogP contribution is 2.05. The third-order valence-electron chi connectivity index (χ3n) is 1.76. The third kappa shape index (κ3) is 2.94. The number of nitrogens with one attached hydrogen (secondary N) is 1. The van der Waals surface area contributed by atoms with Crippen molar-refractivity contribution < 1.29 is 4.79 Å². The first-order chi connectivity index (χ1) is 6.74. The lowest BCUT2D eigenvalue weighted by atomic mass is 10.2. The number of amides is 1. The van der Waals surface area contributed by atoms with Crippen LogP contribution in [0.3, 0.4) is 0 Å². The number of anilines is 1. The molecule has 0 heterocycles. The topological polar surface area (TPSA) is 55.1 Å². The van der Waals surface area contributed by atoms with Crippen LogP contribution in [0.2, 0.25) is 0 Å². The molecule has 0 bridgehead atoms. The fourth-order valence-corrected chi connectivity index (χ4v) is 1.05. The van der Waals surface area contributed by atoms with Gasteiger partial charge >= 0.3 is 0 Å². The fraction of sp³-hybridized carbons (Fsp3) is 0.182. The number of hydrogen-bond acceptors (Lipinski definition) is 2. The maximum absolute atomic E-state index is 11.5. The number of rotatable bonds is 3. The molecule has 0 aromatic heterocycles. The van der Waals surface area contributed by atoms with Crippen LogP contribution in [0.4, 0.5) is 5.69 Å². The Balaban J connectivity index is 2.60. The minimum atomic E-state index is -0.101. The smallest absolute Gasteiger partial charge is 0.251 e. The van der Waals surface area contributed by atoms with E-state index < -0.39 is 0 Å². The molecule has 0 aliphatic carbocycles. The van der Waals surface area contributed by atoms with Crippen LogP contribution in [0.1, 0.15) is 17.3 Å². The number of hydrogen-bond donors (Lipinski definition) is 2. The monoisotopic (exact) mass is 190 g/mol. The Morgan fingerprint density at radius 1 is 1.57 bits per heavy atom. The Hall–Kier alpha value is -1.77. The number of carbonyl (C=O) groups is 1. The van der Waals surface area contributed by atoms with E-state index in [0.717, 1.165) is 0 Å². The zero-order valence-corrected chi connectivity index (χ0v) is 8.16. The van der Waals surface area contributed by atoms with Gasteiger partial charge in [0.25, 0.3) is 5.91 Å². The molecule has 74 valence electrons. The van der Waals surface area contributed by atoms with Crippen LogP contribution in [0, 0.1) is 0 Å². The van der Waals surface area contributed by atoms with Gasteiger partial charge in [-0.15, -0.1) is 0 Å². The molecule has 0 aliphatic rings. The summed E-state index contributed by atoms with van der Waals surface area (Å²) in [6.45, 7) is 2.46. The molecular formula is C11H14N2O. The van der Waals surface area contributed by atoms with E-state index in [4.69, 9.17) is 5.73 Å². The van der Waals surface area contributed by atoms with Crippen molar-refractivity contribution in [3.63, 3.8) is 0 Å². The van der Waals surface area contributed by atoms with Gasteiger partial charge in [0.2, 0.25) is 0 Å². The molecule has 0 saturated heterocycles. The number of benzene rings is 1. The van der Waals surface area contributed by atoms with Crippen molar-refractivity contribution in [1.82, 2.24) is 5.32 Å². The average molecular weight is 190 g/mol. The highest BCUT2D eigenvalue weighted by Gasteiger charge is 2.02. The van der Waals surface area contributed by atoms with Gasteiger partial charge < -0.3 is 11.1 Å². The van der Waals surface area contributed by atoms with E-state index in [-0.39, 0.29) is 5.91 Å². The Bertz CT molecular complexity index is 345. The first kappa shape index (κ1) is 10.3. The lowest BCUT2D eigenvalue weighted by Gasteiger charge is -2.02. The second kappa shape index (κ2) is 5.07. The van der Waals surface area contributed by atoms with E-state index in [0.29, 0.717) is 17.8 Å². The van der Waals surface area contributed by atoms with Gasteiger partial charge in [0.15, 0.2) is 0 Å². The summed E-state index contributed by atoms with van der Waals surface area (Å²) >= 11 is 0. The Morgan fingerprint density at radius 3 is 3.00 bits per heavy atom. The first-order valence-electron chi connectivity index (χ1n) is 4.49. The number of allylic oxidation sites excluding steroid dienone is 1. The molecule has 1 amide bonds. The molecular weight excluding hydrogens is 176 g/mol. The molecule has 0 aliphatic heterocycles. The predicted octanol–water partition coefficient (Wildman–Crippen LogP) is 1.57. The van der Waals surface area contributed by atoms with Gasteiger partial charge in [-0.05, 0) is 25.1 Å². The Morgan fingerprint density at radius 2 is 2.36 bits per heavy atom. The molecule has 0 saturated carbocycles. The second-order valence-electron chi connectivity index (χ2n) is 2.90. The number of carbonyl (C=O) groups excluding carboxylic acids is 1. The lowest BCUT2D eigenvalue weighted by molar-refractivity contribution is 0.0958. The quantitative estimate of drug-likeness (QED) is 0.561. The van der Waals surface area contributed by atoms with Gasteiger partial charge in [-0.3, -0.25) is 4.79 Å². The van der Waals surface area contributed by atoms with Crippen molar-refractivity contribution in [3.05, 3.63) is 42.0 Å². The van der Waals surface area contributed by atoms with Crippen LogP contribution < -0.4 is 11.1 Å². The standard InChI is InChI=1S/C11H14N2O/c1-2-3-7-13-11(14)9-5-4-6-10(12)8-9/h2-6,8H,7,12H2,1H3,(H,13,14)/b3-2+. The summed E-state index contributed by atoms with van der Waals surface area (Å²) in [5, 5.41) is 2.75. The van der Waals surface area contributed by atoms with E-state index in [1.54, 1.807) is 24.3 Å². The molecule has 1 rings (SSSR count). The second-order valence-corrected chi connectivity index (χ2v) is 2.90. The van der Waals surface area contributed by atoms with E-state index in [9.17, 15) is 4.79 Å². The largest absolute Gasteiger partial charge is 0.399 e. The molecule has 1 aromatic carbocycles. The van der Waals surface area contributed by atoms with Crippen molar-refractivity contribution in [2.24, 2.45) is 0 Å². The molecule has 1 aromatic rings. The molecule has 0 atom stereocenters. The van der Waals surface area contributed by atoms with Gasteiger partial charge in [-0.25, -0.2) is 0 Å². The van der Waals surface area contributed by atoms with Crippen LogP contribution in [-0.4, -0.2) is 12.5 Å². The average Bonchev–Trinajstić information content (AvgIpc) is 2.18. The summed E-state index contributed by atoms with van der Waals surface area (Å²) in [5.74, 6) is -0.101. The van der Waals surface area contributed by atoms with Crippen molar-refractivity contribution in [2.45, 2.75) is 6.92 Å². The number of nitrogen functional groups attached to an aromatic ring is 1. The Kier molecular flexibility index (Phi) is 3.73. The van der Waals surface area contributed by atoms with Crippen molar-refractivity contribution in [1.29, 1.82) is 0 Å². The van der Waals surface area contributed by atoms with Gasteiger partial charge in [0, 0.05) is 17.8 Å². The zero-order valence-electron chi connectivity index (χ0n) is 8.16. The van der Waals surface area contributed by atoms with E-state index in [2.05, 4.69) is 5.32 Å². The van der Waals surface area contributed by atoms with E-state index in [1.165, 1.54) is 0 Å². The normalized spacial score (nSPS) is 10.4. The SMILES string of the molecule is C/C=C/CNC(=O)c1cccc(N)c1. The molecule has 3 heteroatoms. The maximum Gasteiger partial charge on any atom is 0.251 e. The van der Waals surface area contributed by atoms with Gasteiger partial charge in [-0.2, -0.15) is 0 Å². The van der Waals surface area contributed by atoms with E-state index >= 15 is 0 Å². The molecule has 0 radical (unpaired) electrons. The summed E-state index contributed by atoms with van der Waals surface area (Å²) in [6.07, 6.45) is 3.77. The van der Waals surface area contributed by atoms with Crippen LogP contribution in [0.5, 0.6) is 0 Å². The first-order valence-corrected chi connectivity index (χ1v) is 4.49. The summed E-state index contributed by atoms with van der Waals surface area (Å²) in [5.41, 5.74) is 6.75. The molecule has 14 heavy (non-hydrogen) atoms. The van der Waals surface area contributed by atoms with Gasteiger partial charge in [0.05, 0.1) is 0 Å². The summed E-state index contributed by atoms with van der Waals surface area (Å²) in [7, 11) is 0. The lowest BCUT2D eigenvalue weighted by Crippen LogP contribution is -2.23. The van der Waals surface area contributed by atoms with E-state index in [1.807, 2.05) is 19.1 Å². The van der Waals surface area contributed by atoms with Gasteiger partial charge in [0.1, 0.15) is 0 Å². The molecule has 3 nitrogen and oxygen atoms in total. The zero-order chi connectivity index (χ0) is 10.4. The fourth-order valence-electron chi connectivity index (χ4n) is 1.05. The van der Waals surface area contributed by atoms with Crippen LogP contribution in [0.15, 0.2) is 36.4 Å². The molecule has 3 N–H and O–H groups in total. The highest BCUT2D eigenvalue weighted by molar-refractivity contribution is 5.95. The molecule has 0 spiro atoms. The number of nitrogens with two attached hydrogens (primary N) is 1. The highest BCUT2D eigenvalue weighted by atomic mass is 16.1. The van der Waals surface area contributed by atoms with Crippen molar-refractivity contribution in [2.75, 3.05) is 12.3 Å². The minimum absolute atomic E-state index is 0.101. The Labute approximate surface area is 83.6 Å². The predicted molar refractivity (Wildman–Crippen MR) is 58.0 cm³/mol. The summed E-state index contributed by atoms with van der Waals surface area (Å²) < 4.78 is 0. The third-order valence-corrected chi connectivity index (χ3v) is 1.76. The van der Waals surface area contributed by atoms with Crippen molar-refractivity contribution in [3.8, 4) is 0 Å². The summed E-state index contributed by atoms with van der Waals surface area (Å²) in [4.78, 5) is 11.5. The van der Waals surface area contributed by atoms with Crippen LogP contribution >= 0.6 is 0 Å².